The lowest BCUT2D eigenvalue weighted by Crippen LogP contribution is -2.44. The Morgan fingerprint density at radius 1 is 0.889 bits per heavy atom. The molecule has 2 rings (SSSR count). The molecule has 1 unspecified atom stereocenters. The lowest BCUT2D eigenvalue weighted by Gasteiger charge is -2.41. The van der Waals surface area contributed by atoms with Gasteiger partial charge in [0.2, 0.25) is 0 Å². The minimum Gasteiger partial charge on any atom is -0.875 e. The molecule has 0 aromatic rings. The van der Waals surface area contributed by atoms with Crippen molar-refractivity contribution < 1.29 is 19.5 Å². The summed E-state index contributed by atoms with van der Waals surface area (Å²) in [5.74, 6) is -1.80. The Bertz CT molecular complexity index is 619. The maximum atomic E-state index is 12.9. The monoisotopic (exact) mass is 375 g/mol. The number of carbonyl (C=O) groups is 3. The van der Waals surface area contributed by atoms with Gasteiger partial charge in [-0.15, -0.1) is 5.76 Å². The summed E-state index contributed by atoms with van der Waals surface area (Å²) in [5, 5.41) is 12.9. The Morgan fingerprint density at radius 2 is 1.44 bits per heavy atom. The Labute approximate surface area is 163 Å². The molecule has 0 spiro atoms. The van der Waals surface area contributed by atoms with E-state index < -0.39 is 11.8 Å². The molecule has 4 nitrogen and oxygen atoms in total. The number of unbranched alkanes of at least 4 members (excludes halogenated alkanes) is 3. The smallest absolute Gasteiger partial charge is 0.158 e. The van der Waals surface area contributed by atoms with E-state index in [9.17, 15) is 19.5 Å². The Hall–Kier alpha value is -1.45. The first-order valence-electron chi connectivity index (χ1n) is 10.5. The number of carbonyl (C=O) groups excluding carboxylic acids is 3. The van der Waals surface area contributed by atoms with Gasteiger partial charge in [0.1, 0.15) is 11.6 Å². The number of rotatable bonds is 7. The van der Waals surface area contributed by atoms with Crippen molar-refractivity contribution >= 4 is 17.3 Å². The summed E-state index contributed by atoms with van der Waals surface area (Å²) < 4.78 is 0. The SMILES string of the molecule is CCCCCCC(C1=C([O-])CC(C)(C)CC1=O)C1C(=O)CC(C)(C)CC1=O. The van der Waals surface area contributed by atoms with E-state index in [2.05, 4.69) is 6.92 Å². The van der Waals surface area contributed by atoms with Gasteiger partial charge in [0, 0.05) is 25.2 Å². The summed E-state index contributed by atoms with van der Waals surface area (Å²) in [6.45, 7) is 9.84. The van der Waals surface area contributed by atoms with Crippen LogP contribution < -0.4 is 5.11 Å². The van der Waals surface area contributed by atoms with Crippen LogP contribution in [0.15, 0.2) is 11.3 Å². The second kappa shape index (κ2) is 8.28. The molecule has 0 bridgehead atoms. The maximum absolute atomic E-state index is 12.9. The highest BCUT2D eigenvalue weighted by Gasteiger charge is 2.46. The Morgan fingerprint density at radius 3 is 1.96 bits per heavy atom. The van der Waals surface area contributed by atoms with E-state index in [0.717, 1.165) is 25.7 Å². The summed E-state index contributed by atoms with van der Waals surface area (Å²) in [4.78, 5) is 38.6. The van der Waals surface area contributed by atoms with Crippen LogP contribution in [-0.2, 0) is 14.4 Å². The molecule has 0 aromatic carbocycles. The molecule has 27 heavy (non-hydrogen) atoms. The van der Waals surface area contributed by atoms with Gasteiger partial charge in [-0.25, -0.2) is 0 Å². The van der Waals surface area contributed by atoms with Crippen molar-refractivity contribution in [3.8, 4) is 0 Å². The molecule has 152 valence electrons. The van der Waals surface area contributed by atoms with Gasteiger partial charge in [0.25, 0.3) is 0 Å². The van der Waals surface area contributed by atoms with Crippen molar-refractivity contribution in [3.05, 3.63) is 11.3 Å². The first-order valence-corrected chi connectivity index (χ1v) is 10.5. The highest BCUT2D eigenvalue weighted by molar-refractivity contribution is 6.08. The fraction of sp³-hybridized carbons (Fsp3) is 0.783. The summed E-state index contributed by atoms with van der Waals surface area (Å²) >= 11 is 0. The minimum atomic E-state index is -0.802. The largest absolute Gasteiger partial charge is 0.875 e. The standard InChI is InChI=1S/C23H36O4/c1-6-7-8-9-10-15(20-16(24)11-22(2,3)12-17(20)25)21-18(26)13-23(4,5)14-19(21)27/h15,20,26H,6-14H2,1-5H3/p-1. The minimum absolute atomic E-state index is 0.0883. The molecule has 1 saturated carbocycles. The van der Waals surface area contributed by atoms with E-state index in [1.54, 1.807) is 0 Å². The number of hydrogen-bond donors (Lipinski definition) is 0. The quantitative estimate of drug-likeness (QED) is 0.495. The zero-order valence-electron chi connectivity index (χ0n) is 17.7. The van der Waals surface area contributed by atoms with E-state index >= 15 is 0 Å². The van der Waals surface area contributed by atoms with Crippen LogP contribution in [-0.4, -0.2) is 17.3 Å². The molecule has 0 N–H and O–H groups in total. The van der Waals surface area contributed by atoms with Crippen LogP contribution in [0.25, 0.3) is 0 Å². The van der Waals surface area contributed by atoms with Crippen LogP contribution in [0.2, 0.25) is 0 Å². The van der Waals surface area contributed by atoms with Crippen molar-refractivity contribution in [2.75, 3.05) is 0 Å². The van der Waals surface area contributed by atoms with E-state index in [1.165, 1.54) is 0 Å². The van der Waals surface area contributed by atoms with Crippen LogP contribution in [0.1, 0.15) is 92.4 Å². The third kappa shape index (κ3) is 5.30. The number of allylic oxidation sites excluding steroid dienone is 2. The summed E-state index contributed by atoms with van der Waals surface area (Å²) in [6, 6.07) is 0. The predicted molar refractivity (Wildman–Crippen MR) is 104 cm³/mol. The second-order valence-electron chi connectivity index (χ2n) is 10.2. The molecular formula is C23H35O4-. The zero-order valence-corrected chi connectivity index (χ0v) is 17.7. The zero-order chi connectivity index (χ0) is 20.4. The average Bonchev–Trinajstić information content (AvgIpc) is 2.46. The van der Waals surface area contributed by atoms with Crippen LogP contribution >= 0.6 is 0 Å². The molecule has 0 amide bonds. The van der Waals surface area contributed by atoms with Crippen molar-refractivity contribution in [3.63, 3.8) is 0 Å². The van der Waals surface area contributed by atoms with Crippen LogP contribution in [0.4, 0.5) is 0 Å². The second-order valence-corrected chi connectivity index (χ2v) is 10.2. The molecule has 4 heteroatoms. The maximum Gasteiger partial charge on any atom is 0.158 e. The van der Waals surface area contributed by atoms with Gasteiger partial charge in [0.15, 0.2) is 5.78 Å². The van der Waals surface area contributed by atoms with Crippen molar-refractivity contribution in [1.82, 2.24) is 0 Å². The average molecular weight is 376 g/mol. The fourth-order valence-corrected chi connectivity index (χ4v) is 4.81. The van der Waals surface area contributed by atoms with Gasteiger partial charge in [-0.05, 0) is 29.2 Å². The highest BCUT2D eigenvalue weighted by atomic mass is 16.3. The summed E-state index contributed by atoms with van der Waals surface area (Å²) in [7, 11) is 0. The highest BCUT2D eigenvalue weighted by Crippen LogP contribution is 2.44. The molecular weight excluding hydrogens is 340 g/mol. The van der Waals surface area contributed by atoms with Crippen molar-refractivity contribution in [2.45, 2.75) is 92.4 Å². The molecule has 1 fully saturated rings. The molecule has 0 radical (unpaired) electrons. The Balaban J connectivity index is 2.36. The van der Waals surface area contributed by atoms with Crippen molar-refractivity contribution in [2.24, 2.45) is 22.7 Å². The third-order valence-electron chi connectivity index (χ3n) is 6.02. The molecule has 0 aromatic heterocycles. The first-order chi connectivity index (χ1) is 12.5. The third-order valence-corrected chi connectivity index (χ3v) is 6.02. The van der Waals surface area contributed by atoms with E-state index in [-0.39, 0.29) is 39.5 Å². The fourth-order valence-electron chi connectivity index (χ4n) is 4.81. The molecule has 0 aliphatic heterocycles. The first kappa shape index (κ1) is 21.8. The van der Waals surface area contributed by atoms with Crippen LogP contribution in [0.5, 0.6) is 0 Å². The molecule has 0 saturated heterocycles. The van der Waals surface area contributed by atoms with E-state index in [0.29, 0.717) is 32.1 Å². The van der Waals surface area contributed by atoms with Gasteiger partial charge in [-0.1, -0.05) is 60.3 Å². The lowest BCUT2D eigenvalue weighted by atomic mass is 9.63. The number of ketones is 3. The molecule has 0 heterocycles. The lowest BCUT2D eigenvalue weighted by molar-refractivity contribution is -0.313. The normalized spacial score (nSPS) is 24.4. The van der Waals surface area contributed by atoms with Crippen molar-refractivity contribution in [1.29, 1.82) is 0 Å². The van der Waals surface area contributed by atoms with Gasteiger partial charge >= 0.3 is 0 Å². The predicted octanol–water partition coefficient (Wildman–Crippen LogP) is 4.15. The molecule has 2 aliphatic carbocycles. The number of Topliss-reactive ketones (excluding diaryl/α,β-unsaturated/α-hetero) is 3. The van der Waals surface area contributed by atoms with Crippen LogP contribution in [0, 0.1) is 22.7 Å². The summed E-state index contributed by atoms with van der Waals surface area (Å²) in [6.07, 6.45) is 5.91. The number of hydrogen-bond acceptors (Lipinski definition) is 4. The van der Waals surface area contributed by atoms with Crippen LogP contribution in [0.3, 0.4) is 0 Å². The molecule has 1 atom stereocenters. The van der Waals surface area contributed by atoms with Gasteiger partial charge in [0.05, 0.1) is 5.92 Å². The Kier molecular flexibility index (Phi) is 6.70. The van der Waals surface area contributed by atoms with Gasteiger partial charge in [-0.3, -0.25) is 14.4 Å². The van der Waals surface area contributed by atoms with E-state index in [1.807, 2.05) is 27.7 Å². The van der Waals surface area contributed by atoms with Gasteiger partial charge < -0.3 is 5.11 Å². The van der Waals surface area contributed by atoms with E-state index in [4.69, 9.17) is 0 Å². The topological polar surface area (TPSA) is 74.3 Å². The molecule has 2 aliphatic rings. The van der Waals surface area contributed by atoms with Gasteiger partial charge in [-0.2, -0.15) is 0 Å². The summed E-state index contributed by atoms with van der Waals surface area (Å²) in [5.41, 5.74) is -0.408.